The van der Waals surface area contributed by atoms with Crippen molar-refractivity contribution in [3.63, 3.8) is 0 Å². The van der Waals surface area contributed by atoms with E-state index in [1.807, 2.05) is 11.8 Å². The Kier molecular flexibility index (Phi) is 3.92. The van der Waals surface area contributed by atoms with Gasteiger partial charge in [0.25, 0.3) is 0 Å². The second-order valence-electron chi connectivity index (χ2n) is 7.23. The Morgan fingerprint density at radius 2 is 1.74 bits per heavy atom. The molecule has 0 aliphatic carbocycles. The molecule has 1 aromatic carbocycles. The lowest BCUT2D eigenvalue weighted by molar-refractivity contribution is 0.0364. The molecule has 0 bridgehead atoms. The third-order valence-corrected chi connectivity index (χ3v) is 5.97. The zero-order valence-corrected chi connectivity index (χ0v) is 13.8. The fourth-order valence-electron chi connectivity index (χ4n) is 2.44. The van der Waals surface area contributed by atoms with Crippen molar-refractivity contribution in [2.45, 2.75) is 64.2 Å². The summed E-state index contributed by atoms with van der Waals surface area (Å²) >= 11 is 1.99. The van der Waals surface area contributed by atoms with Crippen LogP contribution in [0.2, 0.25) is 0 Å². The topological polar surface area (TPSA) is 9.23 Å². The van der Waals surface area contributed by atoms with Crippen molar-refractivity contribution >= 4 is 11.8 Å². The minimum Gasteiger partial charge on any atom is -0.488 e. The molecule has 0 N–H and O–H groups in total. The molecule has 1 aliphatic rings. The molecular weight excluding hydrogens is 252 g/mol. The monoisotopic (exact) mass is 278 g/mol. The van der Waals surface area contributed by atoms with Gasteiger partial charge in [0.15, 0.2) is 0 Å². The zero-order valence-electron chi connectivity index (χ0n) is 13.0. The molecular formula is C17H26OS. The van der Waals surface area contributed by atoms with Crippen molar-refractivity contribution in [1.82, 2.24) is 0 Å². The molecule has 0 fully saturated rings. The highest BCUT2D eigenvalue weighted by atomic mass is 32.2. The molecule has 0 radical (unpaired) electrons. The van der Waals surface area contributed by atoms with Crippen LogP contribution in [0.25, 0.3) is 0 Å². The summed E-state index contributed by atoms with van der Waals surface area (Å²) in [7, 11) is 0. The van der Waals surface area contributed by atoms with Gasteiger partial charge < -0.3 is 4.74 Å². The van der Waals surface area contributed by atoms with Crippen molar-refractivity contribution in [3.05, 3.63) is 24.3 Å². The van der Waals surface area contributed by atoms with Gasteiger partial charge >= 0.3 is 0 Å². The average molecular weight is 278 g/mol. The first-order valence-electron chi connectivity index (χ1n) is 7.18. The zero-order chi connectivity index (χ0) is 14.3. The molecule has 1 nitrogen and oxygen atoms in total. The number of benzene rings is 1. The molecule has 2 rings (SSSR count). The SMILES string of the molecule is CCC(C)(C)C1Oc2ccccc2SC1C(C)(C)C. The first-order valence-corrected chi connectivity index (χ1v) is 8.06. The van der Waals surface area contributed by atoms with E-state index in [1.54, 1.807) is 0 Å². The van der Waals surface area contributed by atoms with Crippen LogP contribution in [0.5, 0.6) is 5.75 Å². The van der Waals surface area contributed by atoms with Gasteiger partial charge in [-0.05, 0) is 24.0 Å². The molecule has 106 valence electrons. The number of hydrogen-bond donors (Lipinski definition) is 0. The number of fused-ring (bicyclic) bond motifs is 1. The lowest BCUT2D eigenvalue weighted by Gasteiger charge is -2.47. The first kappa shape index (κ1) is 14.8. The van der Waals surface area contributed by atoms with Crippen LogP contribution >= 0.6 is 11.8 Å². The van der Waals surface area contributed by atoms with E-state index >= 15 is 0 Å². The maximum absolute atomic E-state index is 6.41. The quantitative estimate of drug-likeness (QED) is 0.717. The fraction of sp³-hybridized carbons (Fsp3) is 0.647. The Labute approximate surface area is 122 Å². The van der Waals surface area contributed by atoms with Gasteiger partial charge in [0.1, 0.15) is 11.9 Å². The first-order chi connectivity index (χ1) is 8.75. The normalized spacial score (nSPS) is 23.7. The van der Waals surface area contributed by atoms with Crippen molar-refractivity contribution in [3.8, 4) is 5.75 Å². The summed E-state index contributed by atoms with van der Waals surface area (Å²) in [5.74, 6) is 1.06. The fourth-order valence-corrected chi connectivity index (χ4v) is 4.01. The van der Waals surface area contributed by atoms with E-state index in [9.17, 15) is 0 Å². The van der Waals surface area contributed by atoms with E-state index in [-0.39, 0.29) is 16.9 Å². The predicted octanol–water partition coefficient (Wildman–Crippen LogP) is 5.39. The van der Waals surface area contributed by atoms with E-state index < -0.39 is 0 Å². The van der Waals surface area contributed by atoms with Crippen LogP contribution in [-0.2, 0) is 0 Å². The number of thioether (sulfide) groups is 1. The molecule has 19 heavy (non-hydrogen) atoms. The molecule has 0 saturated heterocycles. The van der Waals surface area contributed by atoms with Crippen molar-refractivity contribution < 1.29 is 4.74 Å². The lowest BCUT2D eigenvalue weighted by atomic mass is 9.75. The largest absolute Gasteiger partial charge is 0.488 e. The average Bonchev–Trinajstić information content (AvgIpc) is 2.36. The predicted molar refractivity (Wildman–Crippen MR) is 84.0 cm³/mol. The van der Waals surface area contributed by atoms with Crippen molar-refractivity contribution in [1.29, 1.82) is 0 Å². The van der Waals surface area contributed by atoms with Crippen LogP contribution in [0.1, 0.15) is 48.0 Å². The van der Waals surface area contributed by atoms with Crippen LogP contribution in [0.4, 0.5) is 0 Å². The van der Waals surface area contributed by atoms with Crippen LogP contribution in [-0.4, -0.2) is 11.4 Å². The summed E-state index contributed by atoms with van der Waals surface area (Å²) in [5.41, 5.74) is 0.424. The maximum Gasteiger partial charge on any atom is 0.133 e. The summed E-state index contributed by atoms with van der Waals surface area (Å²) in [6.07, 6.45) is 1.39. The minimum absolute atomic E-state index is 0.193. The highest BCUT2D eigenvalue weighted by Crippen LogP contribution is 2.50. The van der Waals surface area contributed by atoms with Crippen LogP contribution in [0.15, 0.2) is 29.2 Å². The van der Waals surface area contributed by atoms with E-state index in [1.165, 1.54) is 4.90 Å². The van der Waals surface area contributed by atoms with Crippen LogP contribution in [0, 0.1) is 10.8 Å². The summed E-state index contributed by atoms with van der Waals surface area (Å²) in [4.78, 5) is 1.28. The maximum atomic E-state index is 6.41. The molecule has 0 saturated carbocycles. The lowest BCUT2D eigenvalue weighted by Crippen LogP contribution is -2.49. The van der Waals surface area contributed by atoms with Gasteiger partial charge in [0.2, 0.25) is 0 Å². The molecule has 0 amide bonds. The van der Waals surface area contributed by atoms with E-state index in [2.05, 4.69) is 65.8 Å². The Balaban J connectivity index is 2.41. The standard InChI is InChI=1S/C17H26OS/c1-7-17(5,6)14-15(16(2,3)4)19-13-11-9-8-10-12(13)18-14/h8-11,14-15H,7H2,1-6H3. The molecule has 2 heteroatoms. The molecule has 1 aromatic rings. The molecule has 2 unspecified atom stereocenters. The second kappa shape index (κ2) is 5.05. The van der Waals surface area contributed by atoms with Gasteiger partial charge in [0.05, 0.1) is 5.25 Å². The van der Waals surface area contributed by atoms with Crippen LogP contribution in [0.3, 0.4) is 0 Å². The van der Waals surface area contributed by atoms with Crippen LogP contribution < -0.4 is 4.74 Å². The van der Waals surface area contributed by atoms with E-state index in [4.69, 9.17) is 4.74 Å². The molecule has 2 atom stereocenters. The second-order valence-corrected chi connectivity index (χ2v) is 8.42. The highest BCUT2D eigenvalue weighted by Gasteiger charge is 2.45. The molecule has 1 heterocycles. The van der Waals surface area contributed by atoms with Gasteiger partial charge in [-0.3, -0.25) is 0 Å². The molecule has 0 spiro atoms. The Morgan fingerprint density at radius 3 is 2.32 bits per heavy atom. The smallest absolute Gasteiger partial charge is 0.133 e. The number of rotatable bonds is 2. The van der Waals surface area contributed by atoms with Crippen molar-refractivity contribution in [2.75, 3.05) is 0 Å². The Hall–Kier alpha value is -0.630. The Bertz CT molecular complexity index is 445. The van der Waals surface area contributed by atoms with Gasteiger partial charge in [-0.1, -0.05) is 53.7 Å². The minimum atomic E-state index is 0.193. The Morgan fingerprint density at radius 1 is 1.11 bits per heavy atom. The molecule has 0 aromatic heterocycles. The van der Waals surface area contributed by atoms with Gasteiger partial charge in [-0.25, -0.2) is 0 Å². The van der Waals surface area contributed by atoms with E-state index in [0.717, 1.165) is 12.2 Å². The van der Waals surface area contributed by atoms with Gasteiger partial charge in [-0.15, -0.1) is 11.8 Å². The number of hydrogen-bond acceptors (Lipinski definition) is 2. The summed E-state index contributed by atoms with van der Waals surface area (Å²) in [5, 5.41) is 0.484. The third-order valence-electron chi connectivity index (χ3n) is 4.17. The van der Waals surface area contributed by atoms with Gasteiger partial charge in [0, 0.05) is 10.3 Å². The number of para-hydroxylation sites is 1. The summed E-state index contributed by atoms with van der Waals surface area (Å²) in [6, 6.07) is 8.43. The summed E-state index contributed by atoms with van der Waals surface area (Å²) in [6.45, 7) is 13.9. The number of ether oxygens (including phenoxy) is 1. The van der Waals surface area contributed by atoms with Gasteiger partial charge in [-0.2, -0.15) is 0 Å². The molecule has 1 aliphatic heterocycles. The highest BCUT2D eigenvalue weighted by molar-refractivity contribution is 8.00. The van der Waals surface area contributed by atoms with E-state index in [0.29, 0.717) is 5.25 Å². The third kappa shape index (κ3) is 2.94. The van der Waals surface area contributed by atoms with Crippen molar-refractivity contribution in [2.24, 2.45) is 10.8 Å². The summed E-state index contributed by atoms with van der Waals surface area (Å²) < 4.78 is 6.41.